The molecule has 5 atom stereocenters. The van der Waals surface area contributed by atoms with E-state index < -0.39 is 31.6 Å². The number of nitrogens with zero attached hydrogens (tertiary/aromatic N) is 4. The third kappa shape index (κ3) is 7.06. The number of nitrogen functional groups attached to an aromatic ring is 1. The molecule has 5 aromatic rings. The molecule has 7 rings (SSSR count). The molecule has 0 aliphatic carbocycles. The number of rotatable bonds is 11. The van der Waals surface area contributed by atoms with Gasteiger partial charge in [0.2, 0.25) is 8.41 Å². The summed E-state index contributed by atoms with van der Waals surface area (Å²) in [6.07, 6.45) is 1.67. The monoisotopic (exact) mass is 796 g/mol. The van der Waals surface area contributed by atoms with E-state index in [2.05, 4.69) is 31.6 Å². The maximum absolute atomic E-state index is 16.4. The summed E-state index contributed by atoms with van der Waals surface area (Å²) < 4.78 is 25.9. The lowest BCUT2D eigenvalue weighted by atomic mass is 9.82. The van der Waals surface area contributed by atoms with Crippen LogP contribution < -0.4 is 16.0 Å². The molecule has 13 heteroatoms. The Morgan fingerprint density at radius 3 is 2.55 bits per heavy atom. The smallest absolute Gasteiger partial charge is 0.264 e. The van der Waals surface area contributed by atoms with Crippen LogP contribution >= 0.6 is 15.9 Å². The molecule has 0 saturated carbocycles. The molecule has 2 aliphatic rings. The van der Waals surface area contributed by atoms with Crippen LogP contribution in [0.15, 0.2) is 108 Å². The molecule has 2 aliphatic heterocycles. The SMILES string of the molecule is C[C@@H]1[C@@H]([Si](C)(C)F)[C@H](CCn2cc(C(CO)c3ccccc3)nn2)O[C@@]12C(=O)N(Cc1cccc(NC(=O)c3ccc(N)cc3)c1)c1ccc(Br)cc12. The van der Waals surface area contributed by atoms with Gasteiger partial charge in [-0.05, 0) is 85.2 Å². The van der Waals surface area contributed by atoms with Crippen LogP contribution in [0.5, 0.6) is 0 Å². The lowest BCUT2D eigenvalue weighted by molar-refractivity contribution is -0.146. The second-order valence-corrected chi connectivity index (χ2v) is 19.2. The molecule has 3 heterocycles. The lowest BCUT2D eigenvalue weighted by Gasteiger charge is -2.31. The van der Waals surface area contributed by atoms with Crippen LogP contribution in [0.4, 0.5) is 21.2 Å². The number of anilines is 3. The summed E-state index contributed by atoms with van der Waals surface area (Å²) in [5.41, 5.74) is 9.33. The Morgan fingerprint density at radius 2 is 1.83 bits per heavy atom. The fourth-order valence-corrected chi connectivity index (χ4v) is 11.0. The van der Waals surface area contributed by atoms with Crippen LogP contribution in [0.3, 0.4) is 0 Å². The van der Waals surface area contributed by atoms with Gasteiger partial charge in [0.05, 0.1) is 36.6 Å². The van der Waals surface area contributed by atoms with Crippen molar-refractivity contribution in [2.24, 2.45) is 5.92 Å². The Balaban J connectivity index is 1.14. The quantitative estimate of drug-likeness (QED) is 0.0720. The van der Waals surface area contributed by atoms with Crippen molar-refractivity contribution >= 4 is 53.2 Å². The van der Waals surface area contributed by atoms with E-state index in [4.69, 9.17) is 10.5 Å². The number of carbonyl (C=O) groups is 2. The number of nitrogens with two attached hydrogens (primary N) is 1. The van der Waals surface area contributed by atoms with Crippen molar-refractivity contribution < 1.29 is 23.5 Å². The van der Waals surface area contributed by atoms with Gasteiger partial charge in [-0.15, -0.1) is 5.10 Å². The number of aliphatic hydroxyl groups is 1. The first kappa shape index (κ1) is 36.7. The Morgan fingerprint density at radius 1 is 1.08 bits per heavy atom. The van der Waals surface area contributed by atoms with Crippen LogP contribution in [-0.2, 0) is 28.2 Å². The summed E-state index contributed by atoms with van der Waals surface area (Å²) in [6, 6.07) is 29.4. The number of hydrogen-bond acceptors (Lipinski definition) is 7. The Kier molecular flexibility index (Phi) is 10.1. The molecule has 4 aromatic carbocycles. The number of fused-ring (bicyclic) bond motifs is 2. The van der Waals surface area contributed by atoms with Gasteiger partial charge in [-0.25, -0.2) is 0 Å². The van der Waals surface area contributed by atoms with Crippen molar-refractivity contribution in [2.75, 3.05) is 22.6 Å². The summed E-state index contributed by atoms with van der Waals surface area (Å²) in [4.78, 5) is 29.5. The van der Waals surface area contributed by atoms with E-state index in [9.17, 15) is 14.7 Å². The second-order valence-electron chi connectivity index (χ2n) is 14.4. The molecule has 4 N–H and O–H groups in total. The normalized spacial score (nSPS) is 21.6. The van der Waals surface area contributed by atoms with Gasteiger partial charge in [0.25, 0.3) is 11.8 Å². The first-order valence-electron chi connectivity index (χ1n) is 17.7. The van der Waals surface area contributed by atoms with Crippen molar-refractivity contribution in [2.45, 2.75) is 62.7 Å². The Bertz CT molecular complexity index is 2130. The number of halogens is 2. The van der Waals surface area contributed by atoms with E-state index in [0.717, 1.165) is 15.6 Å². The van der Waals surface area contributed by atoms with E-state index in [-0.39, 0.29) is 30.9 Å². The molecular weight excluding hydrogens is 755 g/mol. The van der Waals surface area contributed by atoms with Crippen molar-refractivity contribution in [3.8, 4) is 0 Å². The van der Waals surface area contributed by atoms with E-state index in [0.29, 0.717) is 46.8 Å². The number of nitrogens with one attached hydrogen (secondary N) is 1. The fourth-order valence-electron chi connectivity index (χ4n) is 8.11. The zero-order valence-corrected chi connectivity index (χ0v) is 32.3. The van der Waals surface area contributed by atoms with Gasteiger partial charge in [-0.2, -0.15) is 0 Å². The van der Waals surface area contributed by atoms with Gasteiger partial charge in [-0.3, -0.25) is 14.3 Å². The number of amides is 2. The van der Waals surface area contributed by atoms with Crippen LogP contribution in [-0.4, -0.2) is 53.0 Å². The number of hydrogen-bond donors (Lipinski definition) is 3. The number of ether oxygens (including phenoxy) is 1. The number of carbonyl (C=O) groups excluding carboxylic acids is 2. The third-order valence-corrected chi connectivity index (χ3v) is 13.5. The van der Waals surface area contributed by atoms with Crippen LogP contribution in [0.1, 0.15) is 52.0 Å². The first-order chi connectivity index (χ1) is 25.4. The van der Waals surface area contributed by atoms with Gasteiger partial charge in [0.1, 0.15) is 0 Å². The summed E-state index contributed by atoms with van der Waals surface area (Å²) in [5.74, 6) is -1.29. The molecule has 1 aromatic heterocycles. The minimum atomic E-state index is -3.39. The predicted octanol–water partition coefficient (Wildman–Crippen LogP) is 7.41. The predicted molar refractivity (Wildman–Crippen MR) is 209 cm³/mol. The van der Waals surface area contributed by atoms with Gasteiger partial charge in [0, 0.05) is 51.2 Å². The first-order valence-corrected chi connectivity index (χ1v) is 21.4. The minimum Gasteiger partial charge on any atom is -0.399 e. The Hall–Kier alpha value is -4.69. The molecule has 0 radical (unpaired) electrons. The van der Waals surface area contributed by atoms with Crippen molar-refractivity contribution in [3.05, 3.63) is 136 Å². The van der Waals surface area contributed by atoms with Gasteiger partial charge >= 0.3 is 0 Å². The highest BCUT2D eigenvalue weighted by Crippen LogP contribution is 2.60. The second kappa shape index (κ2) is 14.6. The summed E-state index contributed by atoms with van der Waals surface area (Å²) >= 11 is 3.61. The topological polar surface area (TPSA) is 136 Å². The van der Waals surface area contributed by atoms with Crippen molar-refractivity contribution in [3.63, 3.8) is 0 Å². The van der Waals surface area contributed by atoms with E-state index in [1.54, 1.807) is 53.0 Å². The number of aromatic nitrogens is 3. The van der Waals surface area contributed by atoms with E-state index in [1.807, 2.05) is 79.9 Å². The minimum absolute atomic E-state index is 0.117. The van der Waals surface area contributed by atoms with Gasteiger partial charge in [-0.1, -0.05) is 70.5 Å². The molecule has 53 heavy (non-hydrogen) atoms. The number of benzene rings is 4. The summed E-state index contributed by atoms with van der Waals surface area (Å²) in [5, 5.41) is 21.8. The molecule has 1 fully saturated rings. The van der Waals surface area contributed by atoms with E-state index >= 15 is 4.11 Å². The standard InChI is InChI=1S/C40H42BrFN6O4Si/c1-25-37(53(2,3)42)36(18-19-47-23-34(45-46-47)32(24-49)27-9-5-4-6-10-27)52-40(25)33-21-29(41)14-17-35(33)48(39(40)51)22-26-8-7-11-31(20-26)44-38(50)28-12-15-30(43)16-13-28/h4-17,20-21,23,25,32,36-37,49H,18-19,22,24,43H2,1-3H3,(H,44,50)/t25-,32?,36+,37-,40+/m1/s1. The molecule has 1 unspecified atom stereocenters. The van der Waals surface area contributed by atoms with Crippen molar-refractivity contribution in [1.29, 1.82) is 0 Å². The summed E-state index contributed by atoms with van der Waals surface area (Å²) in [7, 11) is -3.39. The maximum Gasteiger partial charge on any atom is 0.264 e. The molecule has 1 saturated heterocycles. The van der Waals surface area contributed by atoms with Crippen LogP contribution in [0, 0.1) is 5.92 Å². The zero-order valence-electron chi connectivity index (χ0n) is 29.7. The Labute approximate surface area is 317 Å². The third-order valence-electron chi connectivity index (χ3n) is 10.6. The molecule has 10 nitrogen and oxygen atoms in total. The summed E-state index contributed by atoms with van der Waals surface area (Å²) in [6.45, 7) is 5.81. The molecule has 2 amide bonds. The highest BCUT2D eigenvalue weighted by molar-refractivity contribution is 9.10. The van der Waals surface area contributed by atoms with Crippen molar-refractivity contribution in [1.82, 2.24) is 15.0 Å². The highest BCUT2D eigenvalue weighted by Gasteiger charge is 2.66. The van der Waals surface area contributed by atoms with Crippen LogP contribution in [0.25, 0.3) is 0 Å². The highest BCUT2D eigenvalue weighted by atomic mass is 79.9. The number of aryl methyl sites for hydroxylation is 1. The fraction of sp³-hybridized carbons (Fsp3) is 0.300. The lowest BCUT2D eigenvalue weighted by Crippen LogP contribution is -2.45. The average Bonchev–Trinajstić information content (AvgIpc) is 3.79. The van der Waals surface area contributed by atoms with E-state index in [1.165, 1.54) is 0 Å². The van der Waals surface area contributed by atoms with Gasteiger partial charge < -0.3 is 29.9 Å². The molecule has 1 spiro atoms. The van der Waals surface area contributed by atoms with Gasteiger partial charge in [0.15, 0.2) is 5.60 Å². The average molecular weight is 798 g/mol. The zero-order chi connectivity index (χ0) is 37.5. The molecule has 274 valence electrons. The largest absolute Gasteiger partial charge is 0.399 e. The number of aliphatic hydroxyl groups excluding tert-OH is 1. The molecule has 0 bridgehead atoms. The maximum atomic E-state index is 16.4. The molecular formula is C40H42BrFN6O4Si. The van der Waals surface area contributed by atoms with Crippen LogP contribution in [0.2, 0.25) is 18.6 Å².